The van der Waals surface area contributed by atoms with E-state index in [0.717, 1.165) is 11.4 Å². The number of anilines is 3. The highest BCUT2D eigenvalue weighted by Gasteiger charge is 2.14. The normalized spacial score (nSPS) is 9.92. The van der Waals surface area contributed by atoms with Gasteiger partial charge in [-0.15, -0.1) is 0 Å². The van der Waals surface area contributed by atoms with Crippen molar-refractivity contribution in [1.29, 1.82) is 5.26 Å². The lowest BCUT2D eigenvalue weighted by Gasteiger charge is -2.17. The zero-order valence-corrected chi connectivity index (χ0v) is 13.7. The third-order valence-electron chi connectivity index (χ3n) is 3.71. The summed E-state index contributed by atoms with van der Waals surface area (Å²) in [5.41, 5.74) is 3.30. The Balaban J connectivity index is 1.81. The smallest absolute Gasteiger partial charge is 0.259 e. The number of nitriles is 1. The van der Waals surface area contributed by atoms with Gasteiger partial charge in [-0.25, -0.2) is 0 Å². The lowest BCUT2D eigenvalue weighted by Crippen LogP contribution is -2.26. The van der Waals surface area contributed by atoms with E-state index >= 15 is 0 Å². The monoisotopic (exact) mass is 328 g/mol. The highest BCUT2D eigenvalue weighted by Crippen LogP contribution is 2.20. The predicted octanol–water partition coefficient (Wildman–Crippen LogP) is 3.97. The van der Waals surface area contributed by atoms with Gasteiger partial charge in [0.1, 0.15) is 0 Å². The average Bonchev–Trinajstić information content (AvgIpc) is 2.68. The van der Waals surface area contributed by atoms with Crippen LogP contribution in [0.1, 0.15) is 15.9 Å². The van der Waals surface area contributed by atoms with Crippen molar-refractivity contribution in [3.63, 3.8) is 0 Å². The fourth-order valence-electron chi connectivity index (χ4n) is 2.42. The molecule has 0 spiro atoms. The summed E-state index contributed by atoms with van der Waals surface area (Å²) in [5, 5.41) is 12.1. The number of hydrogen-bond acceptors (Lipinski definition) is 4. The first-order chi connectivity index (χ1) is 12.2. The highest BCUT2D eigenvalue weighted by molar-refractivity contribution is 6.06. The molecule has 0 aliphatic heterocycles. The van der Waals surface area contributed by atoms with Crippen LogP contribution in [-0.4, -0.2) is 17.9 Å². The highest BCUT2D eigenvalue weighted by atomic mass is 16.2. The molecule has 5 nitrogen and oxygen atoms in total. The van der Waals surface area contributed by atoms with Gasteiger partial charge in [0.05, 0.1) is 29.1 Å². The molecule has 0 radical (unpaired) electrons. The first-order valence-electron chi connectivity index (χ1n) is 7.73. The van der Waals surface area contributed by atoms with Gasteiger partial charge in [0.15, 0.2) is 0 Å². The second-order valence-corrected chi connectivity index (χ2v) is 5.48. The second-order valence-electron chi connectivity index (χ2n) is 5.48. The number of amides is 1. The second kappa shape index (κ2) is 7.28. The van der Waals surface area contributed by atoms with Crippen molar-refractivity contribution in [3.8, 4) is 6.07 Å². The molecular formula is C20H16N4O. The molecule has 0 bridgehead atoms. The molecule has 0 aliphatic rings. The van der Waals surface area contributed by atoms with Crippen LogP contribution in [-0.2, 0) is 0 Å². The van der Waals surface area contributed by atoms with Crippen molar-refractivity contribution in [2.75, 3.05) is 17.3 Å². The Bertz CT molecular complexity index is 932. The molecule has 5 heteroatoms. The van der Waals surface area contributed by atoms with E-state index in [9.17, 15) is 4.79 Å². The third kappa shape index (κ3) is 3.82. The fourth-order valence-corrected chi connectivity index (χ4v) is 2.42. The van der Waals surface area contributed by atoms with E-state index in [2.05, 4.69) is 16.4 Å². The number of aromatic nitrogens is 1. The molecule has 0 atom stereocenters. The topological polar surface area (TPSA) is 69.0 Å². The van der Waals surface area contributed by atoms with E-state index in [1.54, 1.807) is 48.6 Å². The molecule has 3 rings (SSSR count). The number of benzene rings is 2. The summed E-state index contributed by atoms with van der Waals surface area (Å²) in [7, 11) is 1.73. The molecule has 1 N–H and O–H groups in total. The van der Waals surface area contributed by atoms with E-state index in [0.29, 0.717) is 16.8 Å². The van der Waals surface area contributed by atoms with Gasteiger partial charge in [0.25, 0.3) is 5.91 Å². The molecule has 0 unspecified atom stereocenters. The van der Waals surface area contributed by atoms with Crippen LogP contribution in [0.15, 0.2) is 73.1 Å². The van der Waals surface area contributed by atoms with Crippen LogP contribution in [0, 0.1) is 11.3 Å². The van der Waals surface area contributed by atoms with E-state index < -0.39 is 0 Å². The predicted molar refractivity (Wildman–Crippen MR) is 97.9 cm³/mol. The van der Waals surface area contributed by atoms with Crippen LogP contribution in [0.3, 0.4) is 0 Å². The molecule has 2 aromatic carbocycles. The van der Waals surface area contributed by atoms with Gasteiger partial charge in [-0.1, -0.05) is 24.3 Å². The van der Waals surface area contributed by atoms with E-state index in [-0.39, 0.29) is 5.91 Å². The maximum Gasteiger partial charge on any atom is 0.259 e. The van der Waals surface area contributed by atoms with Gasteiger partial charge in [0.2, 0.25) is 0 Å². The minimum atomic E-state index is -0.145. The number of rotatable bonds is 4. The van der Waals surface area contributed by atoms with Crippen molar-refractivity contribution in [1.82, 2.24) is 4.98 Å². The number of para-hydroxylation sites is 1. The molecule has 3 aromatic rings. The number of pyridine rings is 1. The number of nitrogens with zero attached hydrogens (tertiary/aromatic N) is 3. The van der Waals surface area contributed by atoms with Gasteiger partial charge in [-0.2, -0.15) is 5.26 Å². The van der Waals surface area contributed by atoms with Crippen molar-refractivity contribution < 1.29 is 4.79 Å². The first kappa shape index (κ1) is 16.2. The Morgan fingerprint density at radius 2 is 1.84 bits per heavy atom. The van der Waals surface area contributed by atoms with Gasteiger partial charge >= 0.3 is 0 Å². The molecule has 0 saturated heterocycles. The number of carbonyl (C=O) groups is 1. The van der Waals surface area contributed by atoms with Crippen LogP contribution in [0.5, 0.6) is 0 Å². The lowest BCUT2D eigenvalue weighted by molar-refractivity contribution is 0.0992. The molecule has 1 amide bonds. The summed E-state index contributed by atoms with van der Waals surface area (Å²) in [6, 6.07) is 20.4. The van der Waals surface area contributed by atoms with Crippen LogP contribution < -0.4 is 10.2 Å². The Labute approximate surface area is 146 Å². The summed E-state index contributed by atoms with van der Waals surface area (Å²) in [5.74, 6) is -0.145. The fraction of sp³-hybridized carbons (Fsp3) is 0.0500. The summed E-state index contributed by atoms with van der Waals surface area (Å²) < 4.78 is 0. The van der Waals surface area contributed by atoms with Crippen LogP contribution in [0.25, 0.3) is 0 Å². The molecular weight excluding hydrogens is 312 g/mol. The maximum absolute atomic E-state index is 12.7. The average molecular weight is 328 g/mol. The lowest BCUT2D eigenvalue weighted by atomic mass is 10.2. The van der Waals surface area contributed by atoms with E-state index in [1.807, 2.05) is 36.4 Å². The van der Waals surface area contributed by atoms with Gasteiger partial charge in [-0.05, 0) is 36.4 Å². The molecule has 0 saturated carbocycles. The number of carbonyl (C=O) groups excluding carboxylic acids is 1. The van der Waals surface area contributed by atoms with E-state index in [1.165, 1.54) is 0 Å². The molecule has 1 heterocycles. The van der Waals surface area contributed by atoms with Crippen molar-refractivity contribution in [3.05, 3.63) is 84.2 Å². The standard InChI is InChI=1S/C20H16N4O/c1-24(19-8-3-2-4-9-19)20(25)16-11-18(14-22-13-16)23-17-7-5-6-15(10-17)12-21/h2-11,13-14,23H,1H3. The molecule has 0 fully saturated rings. The zero-order valence-electron chi connectivity index (χ0n) is 13.7. The number of hydrogen-bond donors (Lipinski definition) is 1. The zero-order chi connectivity index (χ0) is 17.6. The van der Waals surface area contributed by atoms with E-state index in [4.69, 9.17) is 5.26 Å². The minimum absolute atomic E-state index is 0.145. The van der Waals surface area contributed by atoms with Crippen LogP contribution >= 0.6 is 0 Å². The molecule has 1 aromatic heterocycles. The summed E-state index contributed by atoms with van der Waals surface area (Å²) in [4.78, 5) is 18.4. The van der Waals surface area contributed by atoms with Gasteiger partial charge in [-0.3, -0.25) is 9.78 Å². The summed E-state index contributed by atoms with van der Waals surface area (Å²) in [6.45, 7) is 0. The quantitative estimate of drug-likeness (QED) is 0.786. The Kier molecular flexibility index (Phi) is 4.72. The first-order valence-corrected chi connectivity index (χ1v) is 7.73. The van der Waals surface area contributed by atoms with Crippen molar-refractivity contribution >= 4 is 23.0 Å². The molecule has 25 heavy (non-hydrogen) atoms. The molecule has 122 valence electrons. The number of nitrogens with one attached hydrogen (secondary N) is 1. The third-order valence-corrected chi connectivity index (χ3v) is 3.71. The summed E-state index contributed by atoms with van der Waals surface area (Å²) >= 11 is 0. The van der Waals surface area contributed by atoms with Crippen molar-refractivity contribution in [2.45, 2.75) is 0 Å². The SMILES string of the molecule is CN(C(=O)c1cncc(Nc2cccc(C#N)c2)c1)c1ccccc1. The largest absolute Gasteiger partial charge is 0.354 e. The Hall–Kier alpha value is -3.65. The summed E-state index contributed by atoms with van der Waals surface area (Å²) in [6.07, 6.45) is 3.18. The Morgan fingerprint density at radius 1 is 1.04 bits per heavy atom. The minimum Gasteiger partial charge on any atom is -0.354 e. The Morgan fingerprint density at radius 3 is 2.60 bits per heavy atom. The van der Waals surface area contributed by atoms with Gasteiger partial charge in [0, 0.05) is 24.6 Å². The van der Waals surface area contributed by atoms with Crippen LogP contribution in [0.4, 0.5) is 17.1 Å². The maximum atomic E-state index is 12.7. The van der Waals surface area contributed by atoms with Crippen LogP contribution in [0.2, 0.25) is 0 Å². The van der Waals surface area contributed by atoms with Crippen molar-refractivity contribution in [2.24, 2.45) is 0 Å². The molecule has 0 aliphatic carbocycles. The van der Waals surface area contributed by atoms with Gasteiger partial charge < -0.3 is 10.2 Å².